The maximum absolute atomic E-state index is 6.02. The summed E-state index contributed by atoms with van der Waals surface area (Å²) in [6.45, 7) is 6.04. The predicted octanol–water partition coefficient (Wildman–Crippen LogP) is 3.92. The molecule has 0 atom stereocenters. The number of rotatable bonds is 3. The molecule has 1 heterocycles. The molecule has 0 aliphatic rings. The van der Waals surface area contributed by atoms with Crippen LogP contribution in [0.4, 0.5) is 5.69 Å². The molecule has 22 heavy (non-hydrogen) atoms. The number of benzene rings is 2. The summed E-state index contributed by atoms with van der Waals surface area (Å²) >= 11 is 0. The SMILES string of the molecule is Cc1ccc(-c2nc3cc(OC(C)C)ccc3n2C)cc1N. The zero-order valence-electron chi connectivity index (χ0n) is 13.4. The Labute approximate surface area is 130 Å². The summed E-state index contributed by atoms with van der Waals surface area (Å²) in [6, 6.07) is 12.1. The first-order chi connectivity index (χ1) is 10.5. The third-order valence-electron chi connectivity index (χ3n) is 3.76. The van der Waals surface area contributed by atoms with Crippen LogP contribution in [0.15, 0.2) is 36.4 Å². The lowest BCUT2D eigenvalue weighted by Crippen LogP contribution is -2.05. The number of aryl methyl sites for hydroxylation is 2. The first kappa shape index (κ1) is 14.4. The van der Waals surface area contributed by atoms with E-state index < -0.39 is 0 Å². The average molecular weight is 295 g/mol. The number of hydrogen-bond acceptors (Lipinski definition) is 3. The molecule has 4 nitrogen and oxygen atoms in total. The van der Waals surface area contributed by atoms with Gasteiger partial charge in [-0.3, -0.25) is 0 Å². The molecule has 0 saturated carbocycles. The van der Waals surface area contributed by atoms with Crippen LogP contribution in [0.1, 0.15) is 19.4 Å². The van der Waals surface area contributed by atoms with Crippen molar-refractivity contribution in [1.29, 1.82) is 0 Å². The molecule has 4 heteroatoms. The highest BCUT2D eigenvalue weighted by molar-refractivity contribution is 5.82. The molecule has 0 aliphatic carbocycles. The molecule has 0 radical (unpaired) electrons. The smallest absolute Gasteiger partial charge is 0.140 e. The minimum Gasteiger partial charge on any atom is -0.491 e. The van der Waals surface area contributed by atoms with Crippen LogP contribution >= 0.6 is 0 Å². The van der Waals surface area contributed by atoms with Gasteiger partial charge in [0.2, 0.25) is 0 Å². The van der Waals surface area contributed by atoms with Gasteiger partial charge < -0.3 is 15.0 Å². The fraction of sp³-hybridized carbons (Fsp3) is 0.278. The van der Waals surface area contributed by atoms with E-state index in [2.05, 4.69) is 10.6 Å². The van der Waals surface area contributed by atoms with Gasteiger partial charge in [0.05, 0.1) is 17.1 Å². The number of hydrogen-bond donors (Lipinski definition) is 1. The third-order valence-corrected chi connectivity index (χ3v) is 3.76. The lowest BCUT2D eigenvalue weighted by atomic mass is 10.1. The maximum Gasteiger partial charge on any atom is 0.140 e. The highest BCUT2D eigenvalue weighted by atomic mass is 16.5. The molecule has 2 N–H and O–H groups in total. The number of nitrogens with zero attached hydrogens (tertiary/aromatic N) is 2. The lowest BCUT2D eigenvalue weighted by Gasteiger charge is -2.09. The quantitative estimate of drug-likeness (QED) is 0.745. The van der Waals surface area contributed by atoms with E-state index in [9.17, 15) is 0 Å². The molecule has 0 bridgehead atoms. The van der Waals surface area contributed by atoms with E-state index in [4.69, 9.17) is 15.5 Å². The van der Waals surface area contributed by atoms with Gasteiger partial charge >= 0.3 is 0 Å². The minimum atomic E-state index is 0.150. The van der Waals surface area contributed by atoms with Crippen molar-refractivity contribution < 1.29 is 4.74 Å². The second-order valence-corrected chi connectivity index (χ2v) is 5.88. The normalized spacial score (nSPS) is 11.3. The maximum atomic E-state index is 6.02. The van der Waals surface area contributed by atoms with Crippen molar-refractivity contribution in [1.82, 2.24) is 9.55 Å². The Bertz CT molecular complexity index is 834. The van der Waals surface area contributed by atoms with Gasteiger partial charge in [0, 0.05) is 24.4 Å². The Morgan fingerprint density at radius 3 is 2.59 bits per heavy atom. The number of ether oxygens (including phenoxy) is 1. The Hall–Kier alpha value is -2.49. The Kier molecular flexibility index (Phi) is 3.53. The van der Waals surface area contributed by atoms with Crippen molar-refractivity contribution in [3.8, 4) is 17.1 Å². The summed E-state index contributed by atoms with van der Waals surface area (Å²) in [5.74, 6) is 1.75. The summed E-state index contributed by atoms with van der Waals surface area (Å²) < 4.78 is 7.82. The fourth-order valence-corrected chi connectivity index (χ4v) is 2.56. The van der Waals surface area contributed by atoms with Crippen LogP contribution < -0.4 is 10.5 Å². The number of aromatic nitrogens is 2. The van der Waals surface area contributed by atoms with E-state index in [1.54, 1.807) is 0 Å². The molecule has 0 spiro atoms. The molecule has 3 rings (SSSR count). The molecule has 0 saturated heterocycles. The van der Waals surface area contributed by atoms with Crippen LogP contribution in [0.5, 0.6) is 5.75 Å². The molecular weight excluding hydrogens is 274 g/mol. The monoisotopic (exact) mass is 295 g/mol. The Morgan fingerprint density at radius 1 is 1.14 bits per heavy atom. The van der Waals surface area contributed by atoms with Crippen molar-refractivity contribution >= 4 is 16.7 Å². The van der Waals surface area contributed by atoms with E-state index in [0.29, 0.717) is 0 Å². The fourth-order valence-electron chi connectivity index (χ4n) is 2.56. The van der Waals surface area contributed by atoms with E-state index in [1.165, 1.54) is 0 Å². The molecule has 2 aromatic carbocycles. The summed E-state index contributed by atoms with van der Waals surface area (Å²) in [5.41, 5.74) is 10.9. The van der Waals surface area contributed by atoms with Crippen LogP contribution in [0, 0.1) is 6.92 Å². The van der Waals surface area contributed by atoms with E-state index in [0.717, 1.165) is 39.4 Å². The zero-order chi connectivity index (χ0) is 15.9. The third kappa shape index (κ3) is 2.52. The van der Waals surface area contributed by atoms with Crippen LogP contribution in [0.25, 0.3) is 22.4 Å². The molecule has 0 unspecified atom stereocenters. The summed E-state index contributed by atoms with van der Waals surface area (Å²) in [7, 11) is 2.02. The van der Waals surface area contributed by atoms with Crippen molar-refractivity contribution in [2.75, 3.05) is 5.73 Å². The Morgan fingerprint density at radius 2 is 1.91 bits per heavy atom. The van der Waals surface area contributed by atoms with Gasteiger partial charge in [0.15, 0.2) is 0 Å². The van der Waals surface area contributed by atoms with Gasteiger partial charge in [-0.25, -0.2) is 4.98 Å². The van der Waals surface area contributed by atoms with E-state index >= 15 is 0 Å². The van der Waals surface area contributed by atoms with Gasteiger partial charge in [-0.1, -0.05) is 12.1 Å². The summed E-state index contributed by atoms with van der Waals surface area (Å²) in [5, 5.41) is 0. The van der Waals surface area contributed by atoms with Gasteiger partial charge in [-0.15, -0.1) is 0 Å². The lowest BCUT2D eigenvalue weighted by molar-refractivity contribution is 0.242. The first-order valence-electron chi connectivity index (χ1n) is 7.45. The molecule has 0 fully saturated rings. The second kappa shape index (κ2) is 5.37. The largest absolute Gasteiger partial charge is 0.491 e. The molecule has 0 amide bonds. The molecule has 114 valence electrons. The standard InChI is InChI=1S/C18H21N3O/c1-11(2)22-14-7-8-17-16(10-14)20-18(21(17)4)13-6-5-12(3)15(19)9-13/h5-11H,19H2,1-4H3. The van der Waals surface area contributed by atoms with Gasteiger partial charge in [-0.2, -0.15) is 0 Å². The van der Waals surface area contributed by atoms with Crippen LogP contribution in [0.2, 0.25) is 0 Å². The van der Waals surface area contributed by atoms with Crippen molar-refractivity contribution in [2.24, 2.45) is 7.05 Å². The minimum absolute atomic E-state index is 0.150. The molecular formula is C18H21N3O. The van der Waals surface area contributed by atoms with Crippen LogP contribution in [-0.2, 0) is 7.05 Å². The highest BCUT2D eigenvalue weighted by Crippen LogP contribution is 2.28. The summed E-state index contributed by atoms with van der Waals surface area (Å²) in [4.78, 5) is 4.75. The highest BCUT2D eigenvalue weighted by Gasteiger charge is 2.12. The topological polar surface area (TPSA) is 53.1 Å². The van der Waals surface area contributed by atoms with Crippen molar-refractivity contribution in [3.05, 3.63) is 42.0 Å². The second-order valence-electron chi connectivity index (χ2n) is 5.88. The number of nitrogen functional groups attached to an aromatic ring is 1. The van der Waals surface area contributed by atoms with E-state index in [-0.39, 0.29) is 6.10 Å². The van der Waals surface area contributed by atoms with Gasteiger partial charge in [0.25, 0.3) is 0 Å². The first-order valence-corrected chi connectivity index (χ1v) is 7.45. The number of fused-ring (bicyclic) bond motifs is 1. The Balaban J connectivity index is 2.10. The van der Waals surface area contributed by atoms with Crippen molar-refractivity contribution in [3.63, 3.8) is 0 Å². The van der Waals surface area contributed by atoms with Crippen LogP contribution in [0.3, 0.4) is 0 Å². The average Bonchev–Trinajstić information content (AvgIpc) is 2.78. The summed E-state index contributed by atoms with van der Waals surface area (Å²) in [6.07, 6.45) is 0.150. The number of anilines is 1. The molecule has 3 aromatic rings. The zero-order valence-corrected chi connectivity index (χ0v) is 13.4. The number of nitrogens with two attached hydrogens (primary N) is 1. The van der Waals surface area contributed by atoms with Gasteiger partial charge in [0.1, 0.15) is 11.6 Å². The number of imidazole rings is 1. The van der Waals surface area contributed by atoms with Crippen molar-refractivity contribution in [2.45, 2.75) is 26.9 Å². The van der Waals surface area contributed by atoms with E-state index in [1.807, 2.05) is 58.2 Å². The molecule has 0 aliphatic heterocycles. The predicted molar refractivity (Wildman–Crippen MR) is 91.1 cm³/mol. The van der Waals surface area contributed by atoms with Crippen LogP contribution in [-0.4, -0.2) is 15.7 Å². The van der Waals surface area contributed by atoms with Gasteiger partial charge in [-0.05, 0) is 44.5 Å². The molecule has 1 aromatic heterocycles.